The second-order valence-electron chi connectivity index (χ2n) is 3.62. The smallest absolute Gasteiger partial charge is 0.137 e. The van der Waals surface area contributed by atoms with Crippen LogP contribution < -0.4 is 0 Å². The Morgan fingerprint density at radius 2 is 1.71 bits per heavy atom. The molecule has 1 heterocycles. The van der Waals surface area contributed by atoms with Crippen molar-refractivity contribution >= 4 is 34.8 Å². The first-order valence-corrected chi connectivity index (χ1v) is 6.05. The van der Waals surface area contributed by atoms with Gasteiger partial charge < -0.3 is 9.52 Å². The van der Waals surface area contributed by atoms with Crippen molar-refractivity contribution in [2.24, 2.45) is 0 Å². The van der Waals surface area contributed by atoms with E-state index in [9.17, 15) is 5.11 Å². The molecule has 0 bridgehead atoms. The highest BCUT2D eigenvalue weighted by Gasteiger charge is 2.15. The molecule has 0 spiro atoms. The fourth-order valence-electron chi connectivity index (χ4n) is 1.49. The van der Waals surface area contributed by atoms with Crippen LogP contribution in [0.15, 0.2) is 28.7 Å². The monoisotopic (exact) mass is 290 g/mol. The predicted octanol–water partition coefficient (Wildman–Crippen LogP) is 4.96. The molecular weight excluding hydrogens is 282 g/mol. The molecule has 0 aliphatic rings. The molecule has 17 heavy (non-hydrogen) atoms. The molecule has 1 aromatic carbocycles. The Labute approximate surface area is 114 Å². The molecule has 0 amide bonds. The first-order valence-electron chi connectivity index (χ1n) is 4.91. The van der Waals surface area contributed by atoms with Gasteiger partial charge in [-0.1, -0.05) is 34.8 Å². The minimum atomic E-state index is -0.673. The molecule has 1 atom stereocenters. The lowest BCUT2D eigenvalue weighted by Crippen LogP contribution is -1.86. The Morgan fingerprint density at radius 1 is 1.12 bits per heavy atom. The largest absolute Gasteiger partial charge is 0.458 e. The highest BCUT2D eigenvalue weighted by atomic mass is 35.5. The van der Waals surface area contributed by atoms with Gasteiger partial charge in [-0.2, -0.15) is 0 Å². The van der Waals surface area contributed by atoms with Crippen molar-refractivity contribution < 1.29 is 9.52 Å². The lowest BCUT2D eigenvalue weighted by atomic mass is 10.2. The van der Waals surface area contributed by atoms with Crippen LogP contribution in [0.2, 0.25) is 15.1 Å². The first-order chi connectivity index (χ1) is 7.99. The third-order valence-corrected chi connectivity index (χ3v) is 3.11. The molecule has 1 aromatic heterocycles. The summed E-state index contributed by atoms with van der Waals surface area (Å²) in [6.07, 6.45) is -0.673. The summed E-state index contributed by atoms with van der Waals surface area (Å²) in [7, 11) is 0. The molecule has 0 aliphatic heterocycles. The number of aliphatic hydroxyl groups is 1. The summed E-state index contributed by atoms with van der Waals surface area (Å²) < 4.78 is 5.47. The third-order valence-electron chi connectivity index (χ3n) is 2.29. The molecule has 1 unspecified atom stereocenters. The molecule has 0 saturated carbocycles. The van der Waals surface area contributed by atoms with Gasteiger partial charge in [-0.15, -0.1) is 0 Å². The lowest BCUT2D eigenvalue weighted by molar-refractivity contribution is 0.170. The minimum absolute atomic E-state index is 0.411. The van der Waals surface area contributed by atoms with Crippen LogP contribution >= 0.6 is 34.8 Å². The van der Waals surface area contributed by atoms with E-state index in [0.29, 0.717) is 32.2 Å². The normalized spacial score (nSPS) is 12.8. The molecule has 2 rings (SSSR count). The summed E-state index contributed by atoms with van der Waals surface area (Å²) >= 11 is 18.0. The summed E-state index contributed by atoms with van der Waals surface area (Å²) in [4.78, 5) is 0. The van der Waals surface area contributed by atoms with Crippen LogP contribution in [0.5, 0.6) is 0 Å². The van der Waals surface area contributed by atoms with Crippen LogP contribution in [0.4, 0.5) is 0 Å². The van der Waals surface area contributed by atoms with Crippen LogP contribution in [-0.2, 0) is 0 Å². The SMILES string of the molecule is CC(O)c1ccc(-c2c(Cl)cc(Cl)cc2Cl)o1. The van der Waals surface area contributed by atoms with Gasteiger partial charge in [-0.25, -0.2) is 0 Å². The van der Waals surface area contributed by atoms with E-state index >= 15 is 0 Å². The number of halogens is 3. The second kappa shape index (κ2) is 4.91. The Balaban J connectivity index is 2.52. The van der Waals surface area contributed by atoms with Gasteiger partial charge in [0.25, 0.3) is 0 Å². The van der Waals surface area contributed by atoms with Crippen LogP contribution in [0.1, 0.15) is 18.8 Å². The summed E-state index contributed by atoms with van der Waals surface area (Å²) in [5.74, 6) is 0.967. The first kappa shape index (κ1) is 12.8. The molecular formula is C12H9Cl3O2. The Bertz CT molecular complexity index is 523. The molecule has 1 N–H and O–H groups in total. The van der Waals surface area contributed by atoms with E-state index in [0.717, 1.165) is 0 Å². The van der Waals surface area contributed by atoms with Gasteiger partial charge in [0.1, 0.15) is 17.6 Å². The van der Waals surface area contributed by atoms with Crippen molar-refractivity contribution in [3.05, 3.63) is 45.1 Å². The molecule has 2 nitrogen and oxygen atoms in total. The van der Waals surface area contributed by atoms with Crippen LogP contribution in [0, 0.1) is 0 Å². The second-order valence-corrected chi connectivity index (χ2v) is 4.87. The van der Waals surface area contributed by atoms with Gasteiger partial charge in [-0.05, 0) is 31.2 Å². The van der Waals surface area contributed by atoms with Crippen molar-refractivity contribution in [3.63, 3.8) is 0 Å². The van der Waals surface area contributed by atoms with E-state index in [1.54, 1.807) is 31.2 Å². The predicted molar refractivity (Wildman–Crippen MR) is 69.8 cm³/mol. The zero-order valence-corrected chi connectivity index (χ0v) is 11.1. The third kappa shape index (κ3) is 2.61. The summed E-state index contributed by atoms with van der Waals surface area (Å²) in [6, 6.07) is 6.58. The summed E-state index contributed by atoms with van der Waals surface area (Å²) in [5.41, 5.74) is 0.574. The van der Waals surface area contributed by atoms with E-state index in [-0.39, 0.29) is 0 Å². The van der Waals surface area contributed by atoms with Crippen molar-refractivity contribution in [1.29, 1.82) is 0 Å². The van der Waals surface area contributed by atoms with E-state index in [4.69, 9.17) is 39.2 Å². The number of hydrogen-bond acceptors (Lipinski definition) is 2. The van der Waals surface area contributed by atoms with Gasteiger partial charge in [0.2, 0.25) is 0 Å². The van der Waals surface area contributed by atoms with Gasteiger partial charge >= 0.3 is 0 Å². The number of hydrogen-bond donors (Lipinski definition) is 1. The van der Waals surface area contributed by atoms with E-state index < -0.39 is 6.10 Å². The van der Waals surface area contributed by atoms with Crippen molar-refractivity contribution in [3.8, 4) is 11.3 Å². The van der Waals surface area contributed by atoms with Gasteiger partial charge in [-0.3, -0.25) is 0 Å². The standard InChI is InChI=1S/C12H9Cl3O2/c1-6(16)10-2-3-11(17-10)12-8(14)4-7(13)5-9(12)15/h2-6,16H,1H3. The zero-order chi connectivity index (χ0) is 12.6. The van der Waals surface area contributed by atoms with Crippen molar-refractivity contribution in [2.75, 3.05) is 0 Å². The van der Waals surface area contributed by atoms with Crippen molar-refractivity contribution in [1.82, 2.24) is 0 Å². The number of aliphatic hydroxyl groups excluding tert-OH is 1. The highest BCUT2D eigenvalue weighted by molar-refractivity contribution is 6.41. The zero-order valence-electron chi connectivity index (χ0n) is 8.88. The van der Waals surface area contributed by atoms with Gasteiger partial charge in [0.05, 0.1) is 15.6 Å². The average Bonchev–Trinajstić information content (AvgIpc) is 2.65. The number of benzene rings is 1. The molecule has 2 aromatic rings. The fraction of sp³-hybridized carbons (Fsp3) is 0.167. The Kier molecular flexibility index (Phi) is 3.69. The maximum atomic E-state index is 9.39. The maximum Gasteiger partial charge on any atom is 0.137 e. The minimum Gasteiger partial charge on any atom is -0.458 e. The molecule has 0 radical (unpaired) electrons. The van der Waals surface area contributed by atoms with Crippen molar-refractivity contribution in [2.45, 2.75) is 13.0 Å². The topological polar surface area (TPSA) is 33.4 Å². The van der Waals surface area contributed by atoms with E-state index in [2.05, 4.69) is 0 Å². The molecule has 0 saturated heterocycles. The fourth-order valence-corrected chi connectivity index (χ4v) is 2.49. The molecule has 5 heteroatoms. The van der Waals surface area contributed by atoms with Gasteiger partial charge in [0, 0.05) is 5.02 Å². The lowest BCUT2D eigenvalue weighted by Gasteiger charge is -2.05. The van der Waals surface area contributed by atoms with Crippen LogP contribution in [0.25, 0.3) is 11.3 Å². The Morgan fingerprint density at radius 3 is 2.18 bits per heavy atom. The van der Waals surface area contributed by atoms with Crippen LogP contribution in [-0.4, -0.2) is 5.11 Å². The Hall–Kier alpha value is -0.670. The highest BCUT2D eigenvalue weighted by Crippen LogP contribution is 2.38. The number of furan rings is 1. The van der Waals surface area contributed by atoms with Crippen LogP contribution in [0.3, 0.4) is 0 Å². The van der Waals surface area contributed by atoms with E-state index in [1.807, 2.05) is 0 Å². The summed E-state index contributed by atoms with van der Waals surface area (Å²) in [6.45, 7) is 1.62. The molecule has 0 fully saturated rings. The quantitative estimate of drug-likeness (QED) is 0.848. The van der Waals surface area contributed by atoms with E-state index in [1.165, 1.54) is 0 Å². The summed E-state index contributed by atoms with van der Waals surface area (Å²) in [5, 5.41) is 10.7. The molecule has 90 valence electrons. The van der Waals surface area contributed by atoms with Gasteiger partial charge in [0.15, 0.2) is 0 Å². The molecule has 0 aliphatic carbocycles. The number of rotatable bonds is 2. The maximum absolute atomic E-state index is 9.39. The average molecular weight is 292 g/mol.